The molecule has 0 aliphatic carbocycles. The van der Waals surface area contributed by atoms with Crippen LogP contribution in [0, 0.1) is 18.6 Å². The van der Waals surface area contributed by atoms with Crippen molar-refractivity contribution in [2.24, 2.45) is 0 Å². The highest BCUT2D eigenvalue weighted by atomic mass is 35.5. The minimum absolute atomic E-state index is 0.133. The van der Waals surface area contributed by atoms with Gasteiger partial charge in [0.05, 0.1) is 6.20 Å². The maximum absolute atomic E-state index is 13.7. The zero-order valence-electron chi connectivity index (χ0n) is 13.8. The normalized spacial score (nSPS) is 11.0. The van der Waals surface area contributed by atoms with Crippen molar-refractivity contribution in [3.63, 3.8) is 0 Å². The summed E-state index contributed by atoms with van der Waals surface area (Å²) in [6, 6.07) is 7.43. The number of rotatable bonds is 3. The van der Waals surface area contributed by atoms with Crippen LogP contribution < -0.4 is 0 Å². The van der Waals surface area contributed by atoms with Crippen molar-refractivity contribution in [3.05, 3.63) is 65.2 Å². The van der Waals surface area contributed by atoms with Gasteiger partial charge in [0.2, 0.25) is 5.82 Å². The van der Waals surface area contributed by atoms with E-state index in [0.29, 0.717) is 28.2 Å². The lowest BCUT2D eigenvalue weighted by atomic mass is 10.1. The van der Waals surface area contributed by atoms with E-state index in [1.165, 1.54) is 24.4 Å². The van der Waals surface area contributed by atoms with Crippen LogP contribution >= 0.6 is 11.6 Å². The van der Waals surface area contributed by atoms with Crippen molar-refractivity contribution in [1.82, 2.24) is 25.1 Å². The molecule has 0 aromatic carbocycles. The van der Waals surface area contributed by atoms with Gasteiger partial charge in [-0.15, -0.1) is 0 Å². The molecule has 4 aromatic rings. The van der Waals surface area contributed by atoms with E-state index in [-0.39, 0.29) is 16.9 Å². The number of aryl methyl sites for hydroxylation is 1. The van der Waals surface area contributed by atoms with E-state index < -0.39 is 11.6 Å². The van der Waals surface area contributed by atoms with Crippen LogP contribution in [-0.4, -0.2) is 25.1 Å². The van der Waals surface area contributed by atoms with Crippen LogP contribution in [0.4, 0.5) is 8.78 Å². The Hall–Kier alpha value is -3.26. The summed E-state index contributed by atoms with van der Waals surface area (Å²) in [6.07, 6.45) is 2.53. The number of hydrogen-bond donors (Lipinski definition) is 0. The summed E-state index contributed by atoms with van der Waals surface area (Å²) in [5.74, 6) is -0.723. The van der Waals surface area contributed by atoms with E-state index in [4.69, 9.17) is 16.1 Å². The van der Waals surface area contributed by atoms with E-state index in [9.17, 15) is 8.78 Å². The fourth-order valence-electron chi connectivity index (χ4n) is 2.46. The van der Waals surface area contributed by atoms with E-state index in [0.717, 1.165) is 6.20 Å². The topological polar surface area (TPSA) is 77.6 Å². The number of nitrogens with zero attached hydrogens (tertiary/aromatic N) is 5. The molecule has 0 fully saturated rings. The summed E-state index contributed by atoms with van der Waals surface area (Å²) in [5, 5.41) is 3.70. The minimum Gasteiger partial charge on any atom is -0.332 e. The van der Waals surface area contributed by atoms with E-state index in [1.54, 1.807) is 19.1 Å². The molecule has 27 heavy (non-hydrogen) atoms. The van der Waals surface area contributed by atoms with Crippen LogP contribution in [-0.2, 0) is 0 Å². The van der Waals surface area contributed by atoms with Crippen molar-refractivity contribution >= 4 is 11.6 Å². The Bertz CT molecular complexity index is 1130. The lowest BCUT2D eigenvalue weighted by molar-refractivity contribution is 0.430. The van der Waals surface area contributed by atoms with Crippen molar-refractivity contribution in [1.29, 1.82) is 0 Å². The molecule has 0 saturated carbocycles. The second-order valence-electron chi connectivity index (χ2n) is 5.66. The third-order valence-electron chi connectivity index (χ3n) is 3.68. The third kappa shape index (κ3) is 3.52. The highest BCUT2D eigenvalue weighted by molar-refractivity contribution is 6.29. The maximum Gasteiger partial charge on any atom is 0.276 e. The Kier molecular flexibility index (Phi) is 4.33. The highest BCUT2D eigenvalue weighted by Gasteiger charge is 2.15. The lowest BCUT2D eigenvalue weighted by Crippen LogP contribution is -1.93. The number of halogens is 3. The van der Waals surface area contributed by atoms with Crippen molar-refractivity contribution in [2.45, 2.75) is 6.92 Å². The van der Waals surface area contributed by atoms with E-state index >= 15 is 0 Å². The molecule has 9 heteroatoms. The van der Waals surface area contributed by atoms with Crippen molar-refractivity contribution in [3.8, 4) is 34.2 Å². The molecule has 0 atom stereocenters. The van der Waals surface area contributed by atoms with E-state index in [2.05, 4.69) is 25.1 Å². The summed E-state index contributed by atoms with van der Waals surface area (Å²) in [5.41, 5.74) is 2.65. The van der Waals surface area contributed by atoms with Gasteiger partial charge in [-0.2, -0.15) is 4.98 Å². The maximum atomic E-state index is 13.7. The van der Waals surface area contributed by atoms with Gasteiger partial charge in [0, 0.05) is 17.5 Å². The molecule has 0 spiro atoms. The van der Waals surface area contributed by atoms with Crippen molar-refractivity contribution < 1.29 is 13.3 Å². The SMILES string of the molecule is Cc1cc(-c2cnc(Cl)c(F)c2)cc(-c2noc(-c3ccc(F)cn3)n2)n1. The molecule has 6 nitrogen and oxygen atoms in total. The first-order valence-corrected chi connectivity index (χ1v) is 8.13. The number of pyridine rings is 3. The van der Waals surface area contributed by atoms with Gasteiger partial charge >= 0.3 is 0 Å². The summed E-state index contributed by atoms with van der Waals surface area (Å²) >= 11 is 5.64. The molecule has 0 saturated heterocycles. The summed E-state index contributed by atoms with van der Waals surface area (Å²) in [7, 11) is 0. The van der Waals surface area contributed by atoms with Gasteiger partial charge in [-0.05, 0) is 42.8 Å². The average molecular weight is 386 g/mol. The Morgan fingerprint density at radius 1 is 0.926 bits per heavy atom. The zero-order valence-corrected chi connectivity index (χ0v) is 14.6. The van der Waals surface area contributed by atoms with Crippen LogP contribution in [0.2, 0.25) is 5.15 Å². The smallest absolute Gasteiger partial charge is 0.276 e. The molecule has 4 rings (SSSR count). The molecular weight excluding hydrogens is 376 g/mol. The summed E-state index contributed by atoms with van der Waals surface area (Å²) in [4.78, 5) is 16.4. The van der Waals surface area contributed by atoms with Gasteiger partial charge in [-0.25, -0.2) is 23.7 Å². The summed E-state index contributed by atoms with van der Waals surface area (Å²) < 4.78 is 31.9. The zero-order chi connectivity index (χ0) is 19.0. The van der Waals surface area contributed by atoms with Crippen LogP contribution in [0.25, 0.3) is 34.2 Å². The Balaban J connectivity index is 1.73. The number of aromatic nitrogens is 5. The predicted octanol–water partition coefficient (Wildman–Crippen LogP) is 4.50. The Morgan fingerprint density at radius 3 is 2.52 bits per heavy atom. The molecule has 0 amide bonds. The van der Waals surface area contributed by atoms with Crippen LogP contribution in [0.5, 0.6) is 0 Å². The molecule has 4 heterocycles. The largest absolute Gasteiger partial charge is 0.332 e. The fourth-order valence-corrected chi connectivity index (χ4v) is 2.57. The monoisotopic (exact) mass is 385 g/mol. The molecule has 0 radical (unpaired) electrons. The van der Waals surface area contributed by atoms with Gasteiger partial charge in [-0.1, -0.05) is 16.8 Å². The molecule has 134 valence electrons. The van der Waals surface area contributed by atoms with Gasteiger partial charge < -0.3 is 4.52 Å². The minimum atomic E-state index is -0.616. The predicted molar refractivity (Wildman–Crippen MR) is 93.7 cm³/mol. The highest BCUT2D eigenvalue weighted by Crippen LogP contribution is 2.27. The van der Waals surface area contributed by atoms with Gasteiger partial charge in [0.15, 0.2) is 11.0 Å². The quantitative estimate of drug-likeness (QED) is 0.483. The van der Waals surface area contributed by atoms with Gasteiger partial charge in [-0.3, -0.25) is 0 Å². The number of hydrogen-bond acceptors (Lipinski definition) is 6. The Morgan fingerprint density at radius 2 is 1.78 bits per heavy atom. The fraction of sp³-hybridized carbons (Fsp3) is 0.0556. The first kappa shape index (κ1) is 17.2. The average Bonchev–Trinajstić information content (AvgIpc) is 3.14. The second kappa shape index (κ2) is 6.81. The first-order chi connectivity index (χ1) is 13.0. The van der Waals surface area contributed by atoms with Crippen LogP contribution in [0.3, 0.4) is 0 Å². The Labute approximate surface area is 156 Å². The first-order valence-electron chi connectivity index (χ1n) is 7.76. The standard InChI is InChI=1S/C18H10ClF2N5O/c1-9-4-10(11-5-13(21)16(19)23-7-11)6-15(24-9)17-25-18(27-26-17)14-3-2-12(20)8-22-14/h2-8H,1H3. The molecule has 0 bridgehead atoms. The third-order valence-corrected chi connectivity index (χ3v) is 3.96. The van der Waals surface area contributed by atoms with Gasteiger partial charge in [0.25, 0.3) is 5.89 Å². The van der Waals surface area contributed by atoms with Crippen LogP contribution in [0.15, 0.2) is 47.2 Å². The molecule has 0 N–H and O–H groups in total. The molecule has 0 aliphatic rings. The van der Waals surface area contributed by atoms with E-state index in [1.807, 2.05) is 0 Å². The van der Waals surface area contributed by atoms with Crippen molar-refractivity contribution in [2.75, 3.05) is 0 Å². The molecule has 4 aromatic heterocycles. The summed E-state index contributed by atoms with van der Waals surface area (Å²) in [6.45, 7) is 1.79. The van der Waals surface area contributed by atoms with Crippen LogP contribution in [0.1, 0.15) is 5.69 Å². The molecule has 0 aliphatic heterocycles. The molecule has 0 unspecified atom stereocenters. The van der Waals surface area contributed by atoms with Gasteiger partial charge in [0.1, 0.15) is 17.2 Å². The lowest BCUT2D eigenvalue weighted by Gasteiger charge is -2.05. The molecular formula is C18H10ClF2N5O. The second-order valence-corrected chi connectivity index (χ2v) is 6.02.